The Morgan fingerprint density at radius 2 is 1.62 bits per heavy atom. The van der Waals surface area contributed by atoms with Crippen LogP contribution in [-0.4, -0.2) is 40.9 Å². The molecule has 0 saturated carbocycles. The Morgan fingerprint density at radius 3 is 2.35 bits per heavy atom. The van der Waals surface area contributed by atoms with E-state index < -0.39 is 5.41 Å². The van der Waals surface area contributed by atoms with Gasteiger partial charge < -0.3 is 4.90 Å². The molecule has 1 N–H and O–H groups in total. The number of hydrogen-bond acceptors (Lipinski definition) is 3. The van der Waals surface area contributed by atoms with Crippen LogP contribution >= 0.6 is 0 Å². The van der Waals surface area contributed by atoms with E-state index in [0.717, 1.165) is 61.9 Å². The Hall–Kier alpha value is -3.44. The van der Waals surface area contributed by atoms with Crippen molar-refractivity contribution in [3.8, 4) is 11.1 Å². The summed E-state index contributed by atoms with van der Waals surface area (Å²) in [6, 6.07) is 23.1. The molecule has 1 saturated heterocycles. The predicted molar refractivity (Wildman–Crippen MR) is 146 cm³/mol. The first-order chi connectivity index (χ1) is 18.1. The average molecular weight is 494 g/mol. The van der Waals surface area contributed by atoms with Crippen molar-refractivity contribution in [2.24, 2.45) is 0 Å². The number of amides is 2. The lowest BCUT2D eigenvalue weighted by Gasteiger charge is -2.39. The van der Waals surface area contributed by atoms with Crippen molar-refractivity contribution >= 4 is 11.8 Å². The van der Waals surface area contributed by atoms with Crippen molar-refractivity contribution in [1.29, 1.82) is 0 Å². The number of fused-ring (bicyclic) bond motifs is 4. The van der Waals surface area contributed by atoms with E-state index >= 15 is 0 Å². The monoisotopic (exact) mass is 493 g/mol. The fourth-order valence-corrected chi connectivity index (χ4v) is 6.93. The van der Waals surface area contributed by atoms with E-state index in [1.807, 2.05) is 23.1 Å². The molecule has 37 heavy (non-hydrogen) atoms. The molecule has 5 heteroatoms. The van der Waals surface area contributed by atoms with Crippen molar-refractivity contribution in [3.05, 3.63) is 94.5 Å². The van der Waals surface area contributed by atoms with Gasteiger partial charge in [-0.1, -0.05) is 80.9 Å². The topological polar surface area (TPSA) is 52.7 Å². The standard InChI is InChI=1S/C32H35N3O2/c1-3-18-32(28-15-8-7-13-26(28)27-14-9-11-22(4-2)29(27)32)31(37)33-34-19-16-24(17-20-34)35-21-23-10-5-6-12-25(23)30(35)36/h5-15,24H,3-4,16-21H2,1-2H3,(H,33,37). The third-order valence-corrected chi connectivity index (χ3v) is 8.66. The third-order valence-electron chi connectivity index (χ3n) is 8.66. The van der Waals surface area contributed by atoms with Crippen LogP contribution in [0.5, 0.6) is 0 Å². The molecule has 0 bridgehead atoms. The summed E-state index contributed by atoms with van der Waals surface area (Å²) in [5, 5.41) is 2.08. The van der Waals surface area contributed by atoms with Gasteiger partial charge in [0.15, 0.2) is 0 Å². The minimum Gasteiger partial charge on any atom is -0.331 e. The van der Waals surface area contributed by atoms with Crippen LogP contribution in [0.25, 0.3) is 11.1 Å². The molecular formula is C32H35N3O2. The minimum absolute atomic E-state index is 0.0737. The highest BCUT2D eigenvalue weighted by Crippen LogP contribution is 2.53. The van der Waals surface area contributed by atoms with Crippen molar-refractivity contribution < 1.29 is 9.59 Å². The number of hydrogen-bond donors (Lipinski definition) is 1. The summed E-state index contributed by atoms with van der Waals surface area (Å²) in [5.74, 6) is 0.218. The lowest BCUT2D eigenvalue weighted by atomic mass is 9.72. The molecule has 5 nitrogen and oxygen atoms in total. The van der Waals surface area contributed by atoms with Gasteiger partial charge in [-0.2, -0.15) is 0 Å². The summed E-state index contributed by atoms with van der Waals surface area (Å²) in [7, 11) is 0. The fraction of sp³-hybridized carbons (Fsp3) is 0.375. The zero-order valence-electron chi connectivity index (χ0n) is 21.8. The van der Waals surface area contributed by atoms with E-state index in [9.17, 15) is 9.59 Å². The van der Waals surface area contributed by atoms with E-state index in [0.29, 0.717) is 6.54 Å². The SMILES string of the molecule is CCCC1(C(=O)NN2CCC(N3Cc4ccccc4C3=O)CC2)c2ccccc2-c2cccc(CC)c21. The van der Waals surface area contributed by atoms with Gasteiger partial charge in [-0.3, -0.25) is 15.0 Å². The first kappa shape index (κ1) is 23.9. The first-order valence-corrected chi connectivity index (χ1v) is 13.8. The predicted octanol–water partition coefficient (Wildman–Crippen LogP) is 5.47. The van der Waals surface area contributed by atoms with Gasteiger partial charge in [-0.15, -0.1) is 0 Å². The number of rotatable bonds is 6. The molecule has 1 fully saturated rings. The Bertz CT molecular complexity index is 1360. The van der Waals surface area contributed by atoms with Crippen LogP contribution in [0.1, 0.15) is 72.1 Å². The number of hydrazine groups is 1. The molecule has 2 amide bonds. The quantitative estimate of drug-likeness (QED) is 0.496. The van der Waals surface area contributed by atoms with Gasteiger partial charge in [-0.25, -0.2) is 5.01 Å². The number of nitrogens with one attached hydrogen (secondary N) is 1. The van der Waals surface area contributed by atoms with Crippen LogP contribution in [0.3, 0.4) is 0 Å². The smallest absolute Gasteiger partial charge is 0.254 e. The van der Waals surface area contributed by atoms with Gasteiger partial charge in [0.1, 0.15) is 5.41 Å². The highest BCUT2D eigenvalue weighted by atomic mass is 16.2. The van der Waals surface area contributed by atoms with Crippen molar-refractivity contribution in [2.75, 3.05) is 13.1 Å². The van der Waals surface area contributed by atoms with Crippen molar-refractivity contribution in [1.82, 2.24) is 15.3 Å². The molecule has 3 aromatic rings. The number of aryl methyl sites for hydroxylation is 1. The molecule has 2 aliphatic heterocycles. The third kappa shape index (κ3) is 3.71. The average Bonchev–Trinajstić information content (AvgIpc) is 3.43. The van der Waals surface area contributed by atoms with Gasteiger partial charge in [0, 0.05) is 31.2 Å². The molecule has 1 aliphatic carbocycles. The first-order valence-electron chi connectivity index (χ1n) is 13.8. The van der Waals surface area contributed by atoms with Gasteiger partial charge in [0.05, 0.1) is 0 Å². The molecule has 0 radical (unpaired) electrons. The number of benzene rings is 3. The Morgan fingerprint density at radius 1 is 0.919 bits per heavy atom. The molecule has 1 unspecified atom stereocenters. The van der Waals surface area contributed by atoms with Gasteiger partial charge in [-0.05, 0) is 65.1 Å². The summed E-state index contributed by atoms with van der Waals surface area (Å²) in [5.41, 5.74) is 10.6. The number of piperidine rings is 1. The second-order valence-corrected chi connectivity index (χ2v) is 10.6. The van der Waals surface area contributed by atoms with Crippen molar-refractivity contribution in [3.63, 3.8) is 0 Å². The summed E-state index contributed by atoms with van der Waals surface area (Å²) in [4.78, 5) is 29.3. The fourth-order valence-electron chi connectivity index (χ4n) is 6.93. The maximum atomic E-state index is 14.3. The Labute approximate surface area is 219 Å². The molecule has 2 heterocycles. The summed E-state index contributed by atoms with van der Waals surface area (Å²) >= 11 is 0. The number of nitrogens with zero attached hydrogens (tertiary/aromatic N) is 2. The molecule has 0 aromatic heterocycles. The van der Waals surface area contributed by atoms with Crippen LogP contribution in [0.4, 0.5) is 0 Å². The molecule has 3 aliphatic rings. The van der Waals surface area contributed by atoms with Crippen molar-refractivity contribution in [2.45, 2.75) is 64.0 Å². The minimum atomic E-state index is -0.684. The van der Waals surface area contributed by atoms with E-state index in [1.165, 1.54) is 22.3 Å². The maximum Gasteiger partial charge on any atom is 0.254 e. The molecule has 6 rings (SSSR count). The van der Waals surface area contributed by atoms with E-state index in [1.54, 1.807) is 0 Å². The summed E-state index contributed by atoms with van der Waals surface area (Å²) < 4.78 is 0. The molecule has 3 aromatic carbocycles. The van der Waals surface area contributed by atoms with E-state index in [2.05, 4.69) is 72.8 Å². The van der Waals surface area contributed by atoms with Crippen LogP contribution in [-0.2, 0) is 23.2 Å². The highest BCUT2D eigenvalue weighted by Gasteiger charge is 2.50. The number of carbonyl (C=O) groups excluding carboxylic acids is 2. The van der Waals surface area contributed by atoms with Crippen LogP contribution in [0.15, 0.2) is 66.7 Å². The van der Waals surface area contributed by atoms with E-state index in [-0.39, 0.29) is 17.9 Å². The zero-order valence-corrected chi connectivity index (χ0v) is 21.8. The van der Waals surface area contributed by atoms with Gasteiger partial charge >= 0.3 is 0 Å². The highest BCUT2D eigenvalue weighted by molar-refractivity contribution is 6.01. The second kappa shape index (κ2) is 9.46. The molecular weight excluding hydrogens is 458 g/mol. The lowest BCUT2D eigenvalue weighted by Crippen LogP contribution is -2.55. The molecule has 190 valence electrons. The van der Waals surface area contributed by atoms with Crippen LogP contribution < -0.4 is 5.43 Å². The van der Waals surface area contributed by atoms with Gasteiger partial charge in [0.2, 0.25) is 5.91 Å². The normalized spacial score (nSPS) is 21.0. The number of carbonyl (C=O) groups is 2. The molecule has 0 spiro atoms. The summed E-state index contributed by atoms with van der Waals surface area (Å²) in [6.45, 7) is 6.51. The second-order valence-electron chi connectivity index (χ2n) is 10.6. The van der Waals surface area contributed by atoms with Crippen LogP contribution in [0, 0.1) is 0 Å². The van der Waals surface area contributed by atoms with Crippen LogP contribution in [0.2, 0.25) is 0 Å². The zero-order chi connectivity index (χ0) is 25.6. The maximum absolute atomic E-state index is 14.3. The Kier molecular flexibility index (Phi) is 6.12. The van der Waals surface area contributed by atoms with Gasteiger partial charge in [0.25, 0.3) is 5.91 Å². The summed E-state index contributed by atoms with van der Waals surface area (Å²) in [6.07, 6.45) is 4.30. The molecule has 1 atom stereocenters. The largest absolute Gasteiger partial charge is 0.331 e. The lowest BCUT2D eigenvalue weighted by molar-refractivity contribution is -0.131. The van der Waals surface area contributed by atoms with E-state index in [4.69, 9.17) is 0 Å². The Balaban J connectivity index is 1.23.